The fourth-order valence-electron chi connectivity index (χ4n) is 2.83. The number of anilines is 1. The van der Waals surface area contributed by atoms with Gasteiger partial charge in [0.15, 0.2) is 0 Å². The molecule has 166 valence electrons. The van der Waals surface area contributed by atoms with Gasteiger partial charge in [0.25, 0.3) is 5.91 Å². The number of nitriles is 1. The number of benzene rings is 3. The number of para-hydroxylation sites is 1. The van der Waals surface area contributed by atoms with Crippen molar-refractivity contribution < 1.29 is 27.5 Å². The molecule has 0 saturated heterocycles. The summed E-state index contributed by atoms with van der Waals surface area (Å²) in [7, 11) is 0. The highest BCUT2D eigenvalue weighted by Gasteiger charge is 2.33. The number of nitrogens with zero attached hydrogens (tertiary/aromatic N) is 1. The van der Waals surface area contributed by atoms with Gasteiger partial charge in [-0.1, -0.05) is 42.0 Å². The second-order valence-electron chi connectivity index (χ2n) is 6.99. The van der Waals surface area contributed by atoms with Crippen LogP contribution < -0.4 is 10.1 Å². The first kappa shape index (κ1) is 23.3. The molecule has 0 heterocycles. The largest absolute Gasteiger partial charge is 0.423 e. The van der Waals surface area contributed by atoms with Crippen LogP contribution in [0.2, 0.25) is 0 Å². The van der Waals surface area contributed by atoms with Crippen molar-refractivity contribution in [3.8, 4) is 11.8 Å². The van der Waals surface area contributed by atoms with E-state index in [4.69, 9.17) is 4.74 Å². The summed E-state index contributed by atoms with van der Waals surface area (Å²) >= 11 is 0. The number of ether oxygens (including phenoxy) is 1. The molecule has 3 rings (SSSR count). The number of halogens is 3. The van der Waals surface area contributed by atoms with Crippen molar-refractivity contribution in [3.05, 3.63) is 101 Å². The molecule has 0 radical (unpaired) electrons. The van der Waals surface area contributed by atoms with Crippen molar-refractivity contribution in [1.29, 1.82) is 5.26 Å². The maximum atomic E-state index is 13.1. The zero-order valence-electron chi connectivity index (χ0n) is 17.3. The van der Waals surface area contributed by atoms with Gasteiger partial charge in [-0.2, -0.15) is 18.4 Å². The molecule has 33 heavy (non-hydrogen) atoms. The van der Waals surface area contributed by atoms with Crippen LogP contribution in [0.5, 0.6) is 5.75 Å². The third-order valence-corrected chi connectivity index (χ3v) is 4.53. The van der Waals surface area contributed by atoms with Crippen LogP contribution in [-0.4, -0.2) is 11.9 Å². The molecule has 1 amide bonds. The van der Waals surface area contributed by atoms with Crippen LogP contribution in [0.15, 0.2) is 78.4 Å². The lowest BCUT2D eigenvalue weighted by Gasteiger charge is -2.13. The van der Waals surface area contributed by atoms with Gasteiger partial charge in [0.1, 0.15) is 17.4 Å². The highest BCUT2D eigenvalue weighted by molar-refractivity contribution is 6.10. The Hall–Kier alpha value is -4.38. The van der Waals surface area contributed by atoms with E-state index in [1.54, 1.807) is 30.3 Å². The van der Waals surface area contributed by atoms with Crippen LogP contribution in [0, 0.1) is 18.3 Å². The molecule has 0 aromatic heterocycles. The lowest BCUT2D eigenvalue weighted by molar-refractivity contribution is -0.137. The fraction of sp³-hybridized carbons (Fsp3) is 0.0800. The smallest absolute Gasteiger partial charge is 0.418 e. The summed E-state index contributed by atoms with van der Waals surface area (Å²) in [5, 5.41) is 11.4. The predicted octanol–water partition coefficient (Wildman–Crippen LogP) is 5.78. The lowest BCUT2D eigenvalue weighted by Crippen LogP contribution is -2.17. The Labute approximate surface area is 187 Å². The molecule has 5 nitrogen and oxygen atoms in total. The zero-order chi connectivity index (χ0) is 24.0. The number of alkyl halides is 3. The molecule has 1 N–H and O–H groups in total. The van der Waals surface area contributed by atoms with E-state index < -0.39 is 34.9 Å². The number of carbonyl (C=O) groups is 2. The monoisotopic (exact) mass is 450 g/mol. The van der Waals surface area contributed by atoms with Crippen LogP contribution in [0.4, 0.5) is 18.9 Å². The number of hydrogen-bond donors (Lipinski definition) is 1. The molecular weight excluding hydrogens is 433 g/mol. The highest BCUT2D eigenvalue weighted by Crippen LogP contribution is 2.34. The van der Waals surface area contributed by atoms with E-state index >= 15 is 0 Å². The van der Waals surface area contributed by atoms with E-state index in [1.807, 2.05) is 6.92 Å². The molecule has 0 atom stereocenters. The average molecular weight is 450 g/mol. The van der Waals surface area contributed by atoms with Crippen molar-refractivity contribution in [2.24, 2.45) is 0 Å². The molecule has 0 aliphatic rings. The molecule has 0 saturated carbocycles. The van der Waals surface area contributed by atoms with Crippen molar-refractivity contribution in [2.45, 2.75) is 13.1 Å². The first-order valence-corrected chi connectivity index (χ1v) is 9.65. The van der Waals surface area contributed by atoms with E-state index in [1.165, 1.54) is 42.5 Å². The van der Waals surface area contributed by atoms with Gasteiger partial charge in [-0.15, -0.1) is 0 Å². The van der Waals surface area contributed by atoms with Crippen LogP contribution >= 0.6 is 0 Å². The molecule has 3 aromatic rings. The Morgan fingerprint density at radius 1 is 0.970 bits per heavy atom. The number of esters is 1. The van der Waals surface area contributed by atoms with Gasteiger partial charge >= 0.3 is 12.1 Å². The van der Waals surface area contributed by atoms with E-state index in [0.29, 0.717) is 11.1 Å². The van der Waals surface area contributed by atoms with Gasteiger partial charge in [-0.25, -0.2) is 4.79 Å². The minimum absolute atomic E-state index is 0.250. The molecular formula is C25H17F3N2O3. The Kier molecular flexibility index (Phi) is 6.94. The summed E-state index contributed by atoms with van der Waals surface area (Å²) in [6.45, 7) is 1.90. The molecule has 8 heteroatoms. The SMILES string of the molecule is Cc1ccc(C(=O)Oc2ccc(C=C(C#N)C(=O)Nc3ccccc3C(F)(F)F)cc2)cc1. The molecule has 0 bridgehead atoms. The predicted molar refractivity (Wildman–Crippen MR) is 116 cm³/mol. The third-order valence-electron chi connectivity index (χ3n) is 4.53. The summed E-state index contributed by atoms with van der Waals surface area (Å²) in [5.41, 5.74) is -0.0590. The highest BCUT2D eigenvalue weighted by atomic mass is 19.4. The number of amides is 1. The zero-order valence-corrected chi connectivity index (χ0v) is 17.3. The average Bonchev–Trinajstić information content (AvgIpc) is 2.78. The second-order valence-corrected chi connectivity index (χ2v) is 6.99. The maximum Gasteiger partial charge on any atom is 0.418 e. The molecule has 0 spiro atoms. The van der Waals surface area contributed by atoms with Crippen molar-refractivity contribution in [2.75, 3.05) is 5.32 Å². The quantitative estimate of drug-likeness (QED) is 0.231. The van der Waals surface area contributed by atoms with Gasteiger partial charge in [-0.3, -0.25) is 4.79 Å². The molecule has 0 fully saturated rings. The molecule has 0 aliphatic carbocycles. The topological polar surface area (TPSA) is 79.2 Å². The summed E-state index contributed by atoms with van der Waals surface area (Å²) in [6.07, 6.45) is -3.44. The maximum absolute atomic E-state index is 13.1. The summed E-state index contributed by atoms with van der Waals surface area (Å²) in [5.74, 6) is -1.28. The summed E-state index contributed by atoms with van der Waals surface area (Å²) in [4.78, 5) is 24.6. The Bertz CT molecular complexity index is 1240. The van der Waals surface area contributed by atoms with E-state index in [0.717, 1.165) is 17.7 Å². The van der Waals surface area contributed by atoms with E-state index in [2.05, 4.69) is 5.32 Å². The number of hydrogen-bond acceptors (Lipinski definition) is 4. The fourth-order valence-corrected chi connectivity index (χ4v) is 2.83. The summed E-state index contributed by atoms with van der Waals surface area (Å²) in [6, 6.07) is 19.0. The number of carbonyl (C=O) groups excluding carboxylic acids is 2. The Balaban J connectivity index is 1.73. The van der Waals surface area contributed by atoms with Crippen LogP contribution in [-0.2, 0) is 11.0 Å². The molecule has 0 aliphatic heterocycles. The standard InChI is InChI=1S/C25H17F3N2O3/c1-16-6-10-18(11-7-16)24(32)33-20-12-8-17(9-13-20)14-19(15-29)23(31)30-22-5-3-2-4-21(22)25(26,27)28/h2-14H,1H3,(H,30,31). The minimum Gasteiger partial charge on any atom is -0.423 e. The second kappa shape index (κ2) is 9.83. The molecule has 3 aromatic carbocycles. The Morgan fingerprint density at radius 3 is 2.21 bits per heavy atom. The third kappa shape index (κ3) is 6.08. The van der Waals surface area contributed by atoms with Crippen molar-refractivity contribution >= 4 is 23.6 Å². The van der Waals surface area contributed by atoms with Gasteiger partial charge in [0.2, 0.25) is 0 Å². The van der Waals surface area contributed by atoms with Crippen molar-refractivity contribution in [1.82, 2.24) is 0 Å². The minimum atomic E-state index is -4.66. The summed E-state index contributed by atoms with van der Waals surface area (Å²) < 4.78 is 44.6. The Morgan fingerprint density at radius 2 is 1.61 bits per heavy atom. The van der Waals surface area contributed by atoms with Gasteiger partial charge < -0.3 is 10.1 Å². The number of aryl methyl sites for hydroxylation is 1. The normalized spacial score (nSPS) is 11.4. The molecule has 0 unspecified atom stereocenters. The lowest BCUT2D eigenvalue weighted by atomic mass is 10.1. The number of rotatable bonds is 5. The first-order chi connectivity index (χ1) is 15.7. The van der Waals surface area contributed by atoms with Gasteiger partial charge in [0, 0.05) is 0 Å². The van der Waals surface area contributed by atoms with Gasteiger partial charge in [-0.05, 0) is 55.0 Å². The number of nitrogens with one attached hydrogen (secondary N) is 1. The van der Waals surface area contributed by atoms with Crippen molar-refractivity contribution in [3.63, 3.8) is 0 Å². The van der Waals surface area contributed by atoms with E-state index in [-0.39, 0.29) is 5.75 Å². The first-order valence-electron chi connectivity index (χ1n) is 9.65. The van der Waals surface area contributed by atoms with Crippen LogP contribution in [0.1, 0.15) is 27.0 Å². The van der Waals surface area contributed by atoms with Crippen LogP contribution in [0.25, 0.3) is 6.08 Å². The van der Waals surface area contributed by atoms with Gasteiger partial charge in [0.05, 0.1) is 16.8 Å². The van der Waals surface area contributed by atoms with Crippen LogP contribution in [0.3, 0.4) is 0 Å². The van der Waals surface area contributed by atoms with E-state index in [9.17, 15) is 28.0 Å².